The SMILES string of the molecule is O=C(COc1ccc(Cl)cc1S(=O)(=O)N1CCCC1)Nc1ccccc1F. The zero-order valence-electron chi connectivity index (χ0n) is 14.3. The number of para-hydroxylation sites is 1. The van der Waals surface area contributed by atoms with Gasteiger partial charge in [0.05, 0.1) is 5.69 Å². The van der Waals surface area contributed by atoms with E-state index in [-0.39, 0.29) is 21.4 Å². The number of amides is 1. The first-order valence-corrected chi connectivity index (χ1v) is 10.2. The van der Waals surface area contributed by atoms with E-state index < -0.39 is 28.4 Å². The molecule has 3 rings (SSSR count). The summed E-state index contributed by atoms with van der Waals surface area (Å²) in [5.74, 6) is -1.16. The first kappa shape index (κ1) is 19.6. The van der Waals surface area contributed by atoms with Crippen LogP contribution < -0.4 is 10.1 Å². The maximum atomic E-state index is 13.6. The molecule has 0 radical (unpaired) electrons. The van der Waals surface area contributed by atoms with Crippen LogP contribution in [-0.4, -0.2) is 38.3 Å². The number of nitrogens with zero attached hydrogens (tertiary/aromatic N) is 1. The van der Waals surface area contributed by atoms with Crippen molar-refractivity contribution in [3.63, 3.8) is 0 Å². The van der Waals surface area contributed by atoms with Crippen molar-refractivity contribution in [1.82, 2.24) is 4.31 Å². The van der Waals surface area contributed by atoms with Crippen molar-refractivity contribution < 1.29 is 22.3 Å². The molecule has 27 heavy (non-hydrogen) atoms. The van der Waals surface area contributed by atoms with Crippen LogP contribution in [0.2, 0.25) is 5.02 Å². The fourth-order valence-corrected chi connectivity index (χ4v) is 4.67. The van der Waals surface area contributed by atoms with Crippen LogP contribution in [0.25, 0.3) is 0 Å². The van der Waals surface area contributed by atoms with Gasteiger partial charge in [0.1, 0.15) is 16.5 Å². The maximum Gasteiger partial charge on any atom is 0.262 e. The minimum absolute atomic E-state index is 0.0205. The van der Waals surface area contributed by atoms with Gasteiger partial charge >= 0.3 is 0 Å². The maximum absolute atomic E-state index is 13.6. The van der Waals surface area contributed by atoms with E-state index in [0.717, 1.165) is 12.8 Å². The van der Waals surface area contributed by atoms with Gasteiger partial charge in [-0.1, -0.05) is 23.7 Å². The van der Waals surface area contributed by atoms with Gasteiger partial charge in [0.25, 0.3) is 5.91 Å². The Bertz CT molecular complexity index is 946. The molecule has 1 heterocycles. The number of halogens is 2. The third-order valence-corrected chi connectivity index (χ3v) is 6.25. The van der Waals surface area contributed by atoms with Gasteiger partial charge in [0.2, 0.25) is 10.0 Å². The Kier molecular flexibility index (Phi) is 5.98. The zero-order valence-corrected chi connectivity index (χ0v) is 15.9. The van der Waals surface area contributed by atoms with Crippen molar-refractivity contribution in [2.24, 2.45) is 0 Å². The predicted octanol–water partition coefficient (Wildman–Crippen LogP) is 3.28. The van der Waals surface area contributed by atoms with Crippen molar-refractivity contribution in [3.05, 3.63) is 53.3 Å². The van der Waals surface area contributed by atoms with Crippen LogP contribution in [0.1, 0.15) is 12.8 Å². The molecule has 6 nitrogen and oxygen atoms in total. The smallest absolute Gasteiger partial charge is 0.262 e. The summed E-state index contributed by atoms with van der Waals surface area (Å²) < 4.78 is 46.0. The van der Waals surface area contributed by atoms with E-state index in [9.17, 15) is 17.6 Å². The van der Waals surface area contributed by atoms with Crippen LogP contribution >= 0.6 is 11.6 Å². The molecular formula is C18H18ClFN2O4S. The summed E-state index contributed by atoms with van der Waals surface area (Å²) in [5.41, 5.74) is 0.0205. The van der Waals surface area contributed by atoms with Gasteiger partial charge in [0.15, 0.2) is 6.61 Å². The standard InChI is InChI=1S/C18H18ClFN2O4S/c19-13-7-8-16(17(11-13)27(24,25)22-9-3-4-10-22)26-12-18(23)21-15-6-2-1-5-14(15)20/h1-2,5-8,11H,3-4,9-10,12H2,(H,21,23). The summed E-state index contributed by atoms with van der Waals surface area (Å²) in [7, 11) is -3.77. The molecule has 0 saturated carbocycles. The number of benzene rings is 2. The Morgan fingerprint density at radius 2 is 1.89 bits per heavy atom. The molecule has 9 heteroatoms. The molecule has 2 aromatic carbocycles. The fourth-order valence-electron chi connectivity index (χ4n) is 2.76. The molecule has 0 atom stereocenters. The molecule has 0 unspecified atom stereocenters. The highest BCUT2D eigenvalue weighted by Crippen LogP contribution is 2.31. The molecule has 0 aliphatic carbocycles. The summed E-state index contributed by atoms with van der Waals surface area (Å²) in [4.78, 5) is 11.9. The van der Waals surface area contributed by atoms with Crippen LogP contribution in [0.3, 0.4) is 0 Å². The lowest BCUT2D eigenvalue weighted by atomic mass is 10.3. The Morgan fingerprint density at radius 1 is 1.19 bits per heavy atom. The summed E-state index contributed by atoms with van der Waals surface area (Å²) >= 11 is 5.96. The van der Waals surface area contributed by atoms with E-state index in [4.69, 9.17) is 16.3 Å². The quantitative estimate of drug-likeness (QED) is 0.790. The molecule has 0 spiro atoms. The summed E-state index contributed by atoms with van der Waals surface area (Å²) in [6, 6.07) is 9.91. The minimum Gasteiger partial charge on any atom is -0.482 e. The molecule has 1 amide bonds. The van der Waals surface area contributed by atoms with E-state index in [1.165, 1.54) is 40.7 Å². The monoisotopic (exact) mass is 412 g/mol. The van der Waals surface area contributed by atoms with Crippen LogP contribution in [-0.2, 0) is 14.8 Å². The normalized spacial score (nSPS) is 14.9. The fraction of sp³-hybridized carbons (Fsp3) is 0.278. The van der Waals surface area contributed by atoms with E-state index in [1.54, 1.807) is 6.07 Å². The highest BCUT2D eigenvalue weighted by atomic mass is 35.5. The Balaban J connectivity index is 1.75. The molecule has 2 aromatic rings. The average molecular weight is 413 g/mol. The highest BCUT2D eigenvalue weighted by molar-refractivity contribution is 7.89. The Morgan fingerprint density at radius 3 is 2.59 bits per heavy atom. The molecule has 0 bridgehead atoms. The summed E-state index contributed by atoms with van der Waals surface area (Å²) in [6.07, 6.45) is 1.59. The van der Waals surface area contributed by atoms with Crippen molar-refractivity contribution in [2.45, 2.75) is 17.7 Å². The Labute approximate surface area is 161 Å². The average Bonchev–Trinajstić information content (AvgIpc) is 3.18. The molecule has 1 saturated heterocycles. The van der Waals surface area contributed by atoms with Crippen LogP contribution in [0.5, 0.6) is 5.75 Å². The molecule has 1 fully saturated rings. The number of carbonyl (C=O) groups is 1. The van der Waals surface area contributed by atoms with Crippen LogP contribution in [0.15, 0.2) is 47.4 Å². The second kappa shape index (κ2) is 8.24. The number of sulfonamides is 1. The van der Waals surface area contributed by atoms with Gasteiger partial charge in [-0.2, -0.15) is 4.31 Å². The number of nitrogens with one attached hydrogen (secondary N) is 1. The van der Waals surface area contributed by atoms with E-state index in [1.807, 2.05) is 0 Å². The van der Waals surface area contributed by atoms with Crippen LogP contribution in [0.4, 0.5) is 10.1 Å². The predicted molar refractivity (Wildman–Crippen MR) is 100.0 cm³/mol. The first-order chi connectivity index (χ1) is 12.9. The lowest BCUT2D eigenvalue weighted by Crippen LogP contribution is -2.29. The van der Waals surface area contributed by atoms with Gasteiger partial charge in [-0.05, 0) is 43.2 Å². The van der Waals surface area contributed by atoms with Crippen molar-refractivity contribution in [1.29, 1.82) is 0 Å². The van der Waals surface area contributed by atoms with Crippen molar-refractivity contribution in [2.75, 3.05) is 25.0 Å². The van der Waals surface area contributed by atoms with Crippen LogP contribution in [0, 0.1) is 5.82 Å². The molecular weight excluding hydrogens is 395 g/mol. The van der Waals surface area contributed by atoms with Crippen molar-refractivity contribution in [3.8, 4) is 5.75 Å². The molecule has 1 N–H and O–H groups in total. The molecule has 0 aromatic heterocycles. The molecule has 1 aliphatic rings. The summed E-state index contributed by atoms with van der Waals surface area (Å²) in [6.45, 7) is 0.391. The largest absolute Gasteiger partial charge is 0.482 e. The van der Waals surface area contributed by atoms with Gasteiger partial charge in [-0.3, -0.25) is 4.79 Å². The highest BCUT2D eigenvalue weighted by Gasteiger charge is 2.30. The number of ether oxygens (including phenoxy) is 1. The third-order valence-electron chi connectivity index (χ3n) is 4.10. The molecule has 144 valence electrons. The number of hydrogen-bond acceptors (Lipinski definition) is 4. The summed E-state index contributed by atoms with van der Waals surface area (Å²) in [5, 5.41) is 2.63. The second-order valence-electron chi connectivity index (χ2n) is 6.02. The topological polar surface area (TPSA) is 75.7 Å². The molecule has 1 aliphatic heterocycles. The lowest BCUT2D eigenvalue weighted by molar-refractivity contribution is -0.118. The number of hydrogen-bond donors (Lipinski definition) is 1. The number of rotatable bonds is 6. The van der Waals surface area contributed by atoms with E-state index in [0.29, 0.717) is 13.1 Å². The number of anilines is 1. The third kappa shape index (κ3) is 4.58. The van der Waals surface area contributed by atoms with Gasteiger partial charge in [-0.15, -0.1) is 0 Å². The lowest BCUT2D eigenvalue weighted by Gasteiger charge is -2.18. The van der Waals surface area contributed by atoms with E-state index in [2.05, 4.69) is 5.32 Å². The van der Waals surface area contributed by atoms with Gasteiger partial charge in [-0.25, -0.2) is 12.8 Å². The minimum atomic E-state index is -3.77. The first-order valence-electron chi connectivity index (χ1n) is 8.35. The number of carbonyl (C=O) groups excluding carboxylic acids is 1. The van der Waals surface area contributed by atoms with Gasteiger partial charge < -0.3 is 10.1 Å². The van der Waals surface area contributed by atoms with E-state index >= 15 is 0 Å². The zero-order chi connectivity index (χ0) is 19.4. The second-order valence-corrected chi connectivity index (χ2v) is 8.36. The van der Waals surface area contributed by atoms with Gasteiger partial charge in [0, 0.05) is 18.1 Å². The van der Waals surface area contributed by atoms with Crippen molar-refractivity contribution >= 4 is 33.2 Å². The Hall–Kier alpha value is -2.16.